The molecule has 0 radical (unpaired) electrons. The van der Waals surface area contributed by atoms with Gasteiger partial charge in [0.1, 0.15) is 11.6 Å². The van der Waals surface area contributed by atoms with Crippen molar-refractivity contribution in [2.45, 2.75) is 63.7 Å². The molecule has 7 heteroatoms. The van der Waals surface area contributed by atoms with Crippen molar-refractivity contribution >= 4 is 23.5 Å². The Morgan fingerprint density at radius 2 is 1.74 bits per heavy atom. The van der Waals surface area contributed by atoms with E-state index >= 15 is 0 Å². The highest BCUT2D eigenvalue weighted by molar-refractivity contribution is 5.85. The Balaban J connectivity index is 2.79. The van der Waals surface area contributed by atoms with Crippen LogP contribution in [0.5, 0.6) is 0 Å². The van der Waals surface area contributed by atoms with Crippen LogP contribution in [0.1, 0.15) is 65.9 Å². The third-order valence-corrected chi connectivity index (χ3v) is 3.80. The molecule has 1 saturated carbocycles. The summed E-state index contributed by atoms with van der Waals surface area (Å²) in [4.78, 5) is 45.8. The summed E-state index contributed by atoms with van der Waals surface area (Å²) >= 11 is 0. The number of aliphatic hydroxyl groups excluding tert-OH is 1. The van der Waals surface area contributed by atoms with Gasteiger partial charge in [0.2, 0.25) is 0 Å². The van der Waals surface area contributed by atoms with Gasteiger partial charge in [-0.15, -0.1) is 0 Å². The van der Waals surface area contributed by atoms with E-state index in [2.05, 4.69) is 0 Å². The van der Waals surface area contributed by atoms with E-state index in [0.717, 1.165) is 0 Å². The first-order valence-corrected chi connectivity index (χ1v) is 7.22. The van der Waals surface area contributed by atoms with Crippen molar-refractivity contribution in [1.29, 1.82) is 0 Å². The van der Waals surface area contributed by atoms with Crippen molar-refractivity contribution < 1.29 is 42.7 Å². The predicted octanol–water partition coefficient (Wildman–Crippen LogP) is 1.41. The zero-order valence-electron chi connectivity index (χ0n) is 18.4. The van der Waals surface area contributed by atoms with Gasteiger partial charge in [-0.1, -0.05) is 0 Å². The number of carbonyl (C=O) groups excluding carboxylic acids is 2. The van der Waals surface area contributed by atoms with Gasteiger partial charge in [-0.2, -0.15) is 0 Å². The molecule has 0 aromatic carbocycles. The maximum Gasteiger partial charge on any atom is 0.303 e. The van der Waals surface area contributed by atoms with Crippen molar-refractivity contribution in [3.05, 3.63) is 0 Å². The van der Waals surface area contributed by atoms with Gasteiger partial charge in [0, 0.05) is 46.2 Å². The molecule has 1 fully saturated rings. The number of carboxylic acids is 2. The highest BCUT2D eigenvalue weighted by Gasteiger charge is 2.41. The van der Waals surface area contributed by atoms with Crippen LogP contribution >= 0.6 is 0 Å². The standard InChI is InChI=1S/C16H24O7/c17-10(3-1-2-4-15(20)21)5-6-11-12(7-8-16(22)23)14(19)9-13(11)18/h11-13,18H,1-9H2,(H,20,21)(H,22,23)/t11-,12-,13-/m1/s1/i1D2,2D2,4D2. The molecule has 3 N–H and O–H groups in total. The van der Waals surface area contributed by atoms with E-state index < -0.39 is 61.2 Å². The topological polar surface area (TPSA) is 129 Å². The van der Waals surface area contributed by atoms with Crippen LogP contribution in [-0.2, 0) is 19.2 Å². The number of carbonyl (C=O) groups is 4. The maximum absolute atomic E-state index is 12.2. The summed E-state index contributed by atoms with van der Waals surface area (Å²) in [6, 6.07) is 0. The summed E-state index contributed by atoms with van der Waals surface area (Å²) in [7, 11) is 0. The molecule has 0 aromatic heterocycles. The van der Waals surface area contributed by atoms with Gasteiger partial charge in [0.05, 0.1) is 6.10 Å². The number of hydrogen-bond acceptors (Lipinski definition) is 5. The highest BCUT2D eigenvalue weighted by atomic mass is 16.4. The number of carboxylic acid groups (broad SMARTS) is 2. The third-order valence-electron chi connectivity index (χ3n) is 3.80. The number of Topliss-reactive ketones (excluding diaryl/α,β-unsaturated/α-hetero) is 2. The lowest BCUT2D eigenvalue weighted by molar-refractivity contribution is -0.138. The van der Waals surface area contributed by atoms with Crippen LogP contribution < -0.4 is 0 Å². The van der Waals surface area contributed by atoms with Crippen LogP contribution in [0.3, 0.4) is 0 Å². The summed E-state index contributed by atoms with van der Waals surface area (Å²) in [5.41, 5.74) is 0. The SMILES string of the molecule is [2H]C([2H])(CC(=O)CC[C@H]1[C@H](O)CC(=O)[C@@H]1CCC(=O)O)C([2H])([2H])C([2H])([2H])C(=O)O. The number of hydrogen-bond donors (Lipinski definition) is 3. The number of ketones is 2. The summed E-state index contributed by atoms with van der Waals surface area (Å²) < 4.78 is 45.2. The van der Waals surface area contributed by atoms with Crippen LogP contribution in [0, 0.1) is 11.8 Å². The molecule has 1 aliphatic rings. The lowest BCUT2D eigenvalue weighted by atomic mass is 9.85. The lowest BCUT2D eigenvalue weighted by Gasteiger charge is -2.20. The molecule has 0 aliphatic heterocycles. The van der Waals surface area contributed by atoms with E-state index in [9.17, 15) is 24.3 Å². The minimum atomic E-state index is -3.58. The first-order valence-electron chi connectivity index (χ1n) is 10.2. The highest BCUT2D eigenvalue weighted by Crippen LogP contribution is 2.35. The molecule has 0 amide bonds. The fourth-order valence-electron chi connectivity index (χ4n) is 2.72. The fraction of sp³-hybridized carbons (Fsp3) is 0.750. The number of aliphatic hydroxyl groups is 1. The molecule has 1 aliphatic carbocycles. The van der Waals surface area contributed by atoms with E-state index in [4.69, 9.17) is 18.4 Å². The average molecular weight is 334 g/mol. The minimum Gasteiger partial charge on any atom is -0.481 e. The van der Waals surface area contributed by atoms with Crippen molar-refractivity contribution in [2.24, 2.45) is 11.8 Å². The van der Waals surface area contributed by atoms with Crippen molar-refractivity contribution in [3.63, 3.8) is 0 Å². The van der Waals surface area contributed by atoms with E-state index in [0.29, 0.717) is 0 Å². The van der Waals surface area contributed by atoms with Crippen molar-refractivity contribution in [3.8, 4) is 0 Å². The van der Waals surface area contributed by atoms with E-state index in [-0.39, 0.29) is 37.9 Å². The van der Waals surface area contributed by atoms with Gasteiger partial charge in [0.25, 0.3) is 0 Å². The maximum atomic E-state index is 12.2. The molecule has 7 nitrogen and oxygen atoms in total. The molecule has 0 bridgehead atoms. The van der Waals surface area contributed by atoms with Gasteiger partial charge in [-0.05, 0) is 31.5 Å². The molecule has 0 aromatic rings. The van der Waals surface area contributed by atoms with Crippen LogP contribution in [0.4, 0.5) is 0 Å². The van der Waals surface area contributed by atoms with Crippen molar-refractivity contribution in [2.75, 3.05) is 0 Å². The second kappa shape index (κ2) is 9.39. The van der Waals surface area contributed by atoms with Gasteiger partial charge < -0.3 is 15.3 Å². The van der Waals surface area contributed by atoms with E-state index in [1.165, 1.54) is 0 Å². The van der Waals surface area contributed by atoms with Gasteiger partial charge in [-0.3, -0.25) is 19.2 Å². The molecule has 130 valence electrons. The number of rotatable bonds is 11. The van der Waals surface area contributed by atoms with Crippen LogP contribution in [0.2, 0.25) is 0 Å². The molecular weight excluding hydrogens is 304 g/mol. The predicted molar refractivity (Wildman–Crippen MR) is 79.8 cm³/mol. The quantitative estimate of drug-likeness (QED) is 0.521. The zero-order chi connectivity index (χ0) is 22.8. The second-order valence-corrected chi connectivity index (χ2v) is 5.43. The minimum absolute atomic E-state index is 0.00766. The first kappa shape index (κ1) is 11.7. The zero-order valence-corrected chi connectivity index (χ0v) is 12.4. The molecule has 0 spiro atoms. The van der Waals surface area contributed by atoms with Gasteiger partial charge >= 0.3 is 11.9 Å². The third kappa shape index (κ3) is 6.90. The Labute approximate surface area is 143 Å². The van der Waals surface area contributed by atoms with Crippen LogP contribution in [0.15, 0.2) is 0 Å². The largest absolute Gasteiger partial charge is 0.481 e. The normalized spacial score (nSPS) is 29.6. The van der Waals surface area contributed by atoms with Crippen LogP contribution in [0.25, 0.3) is 0 Å². The Hall–Kier alpha value is -1.76. The summed E-state index contributed by atoms with van der Waals surface area (Å²) in [6.45, 7) is 0. The Bertz CT molecular complexity index is 679. The average Bonchev–Trinajstić information content (AvgIpc) is 2.82. The molecule has 23 heavy (non-hydrogen) atoms. The molecular formula is C16H24O7. The van der Waals surface area contributed by atoms with Gasteiger partial charge in [-0.25, -0.2) is 0 Å². The fourth-order valence-corrected chi connectivity index (χ4v) is 2.72. The Kier molecular flexibility index (Phi) is 4.79. The summed E-state index contributed by atoms with van der Waals surface area (Å²) in [6.07, 6.45) is -13.3. The smallest absolute Gasteiger partial charge is 0.303 e. The molecule has 0 heterocycles. The second-order valence-electron chi connectivity index (χ2n) is 5.43. The van der Waals surface area contributed by atoms with E-state index in [1.807, 2.05) is 0 Å². The first-order chi connectivity index (χ1) is 13.0. The number of aliphatic carboxylic acids is 2. The Morgan fingerprint density at radius 3 is 2.35 bits per heavy atom. The molecule has 1 rings (SSSR count). The lowest BCUT2D eigenvalue weighted by Crippen LogP contribution is -2.22. The van der Waals surface area contributed by atoms with Crippen molar-refractivity contribution in [1.82, 2.24) is 0 Å². The monoisotopic (exact) mass is 334 g/mol. The van der Waals surface area contributed by atoms with Gasteiger partial charge in [0.15, 0.2) is 0 Å². The van der Waals surface area contributed by atoms with Crippen LogP contribution in [-0.4, -0.2) is 44.9 Å². The summed E-state index contributed by atoms with van der Waals surface area (Å²) in [5, 5.41) is 27.6. The molecule has 0 unspecified atom stereocenters. The summed E-state index contributed by atoms with van der Waals surface area (Å²) in [5.74, 6) is -5.91. The molecule has 0 saturated heterocycles. The molecule has 3 atom stereocenters. The Morgan fingerprint density at radius 1 is 1.04 bits per heavy atom. The van der Waals surface area contributed by atoms with E-state index in [1.54, 1.807) is 0 Å².